The lowest BCUT2D eigenvalue weighted by atomic mass is 9.93. The number of hydrogen-bond acceptors (Lipinski definition) is 3. The quantitative estimate of drug-likeness (QED) is 0.878. The fraction of sp³-hybridized carbons (Fsp3) is 0.462. The number of halogens is 1. The lowest BCUT2D eigenvalue weighted by molar-refractivity contribution is -0.121. The van der Waals surface area contributed by atoms with Gasteiger partial charge in [0.25, 0.3) is 0 Å². The fourth-order valence-electron chi connectivity index (χ4n) is 1.78. The molecule has 0 saturated heterocycles. The summed E-state index contributed by atoms with van der Waals surface area (Å²) in [5.74, 6) is 0.724. The van der Waals surface area contributed by atoms with Crippen LogP contribution in [-0.2, 0) is 11.2 Å². The molecular formula is C13H17BrO3. The van der Waals surface area contributed by atoms with Crippen molar-refractivity contribution in [3.63, 3.8) is 0 Å². The van der Waals surface area contributed by atoms with Crippen LogP contribution in [0.3, 0.4) is 0 Å². The Morgan fingerprint density at radius 1 is 1.53 bits per heavy atom. The normalized spacial score (nSPS) is 12.2. The molecule has 4 heteroatoms. The minimum atomic E-state index is -0.150. The molecule has 1 aromatic carbocycles. The fourth-order valence-corrected chi connectivity index (χ4v) is 2.19. The predicted molar refractivity (Wildman–Crippen MR) is 70.3 cm³/mol. The van der Waals surface area contributed by atoms with E-state index in [1.807, 2.05) is 18.2 Å². The van der Waals surface area contributed by atoms with E-state index < -0.39 is 0 Å². The van der Waals surface area contributed by atoms with Gasteiger partial charge in [-0.15, -0.1) is 0 Å². The largest absolute Gasteiger partial charge is 0.496 e. The second-order valence-electron chi connectivity index (χ2n) is 3.98. The van der Waals surface area contributed by atoms with E-state index >= 15 is 0 Å². The van der Waals surface area contributed by atoms with Crippen LogP contribution in [0, 0.1) is 5.92 Å². The molecule has 0 aromatic heterocycles. The van der Waals surface area contributed by atoms with Crippen molar-refractivity contribution in [3.8, 4) is 5.75 Å². The summed E-state index contributed by atoms with van der Waals surface area (Å²) in [5, 5.41) is 8.95. The maximum atomic E-state index is 11.5. The third-order valence-corrected chi connectivity index (χ3v) is 3.25. The number of ether oxygens (including phenoxy) is 1. The standard InChI is InChI=1S/C13H17BrO3/c1-9(16)10(5-6-15)7-11-8-12(14)3-4-13(11)17-2/h3-4,8,10,15H,5-7H2,1-2H3. The van der Waals surface area contributed by atoms with Crippen molar-refractivity contribution in [1.29, 1.82) is 0 Å². The van der Waals surface area contributed by atoms with E-state index in [0.717, 1.165) is 15.8 Å². The van der Waals surface area contributed by atoms with Crippen LogP contribution in [0.1, 0.15) is 18.9 Å². The summed E-state index contributed by atoms with van der Waals surface area (Å²) in [4.78, 5) is 11.5. The Morgan fingerprint density at radius 3 is 2.76 bits per heavy atom. The Balaban J connectivity index is 2.91. The number of methoxy groups -OCH3 is 1. The van der Waals surface area contributed by atoms with Crippen LogP contribution in [0.25, 0.3) is 0 Å². The van der Waals surface area contributed by atoms with Gasteiger partial charge in [0.2, 0.25) is 0 Å². The van der Waals surface area contributed by atoms with Crippen LogP contribution in [0.4, 0.5) is 0 Å². The molecule has 0 spiro atoms. The Kier molecular flexibility index (Phi) is 5.65. The number of rotatable bonds is 6. The summed E-state index contributed by atoms with van der Waals surface area (Å²) < 4.78 is 6.22. The first kappa shape index (κ1) is 14.2. The maximum absolute atomic E-state index is 11.5. The third-order valence-electron chi connectivity index (χ3n) is 2.76. The summed E-state index contributed by atoms with van der Waals surface area (Å²) in [6, 6.07) is 5.72. The lowest BCUT2D eigenvalue weighted by Crippen LogP contribution is -2.16. The average molecular weight is 301 g/mol. The van der Waals surface area contributed by atoms with E-state index in [9.17, 15) is 4.79 Å². The molecule has 0 amide bonds. The molecule has 1 aromatic rings. The smallest absolute Gasteiger partial charge is 0.133 e. The van der Waals surface area contributed by atoms with E-state index in [0.29, 0.717) is 12.8 Å². The van der Waals surface area contributed by atoms with Gasteiger partial charge in [-0.25, -0.2) is 0 Å². The SMILES string of the molecule is COc1ccc(Br)cc1CC(CCO)C(C)=O. The number of Topliss-reactive ketones (excluding diaryl/α,β-unsaturated/α-hetero) is 1. The van der Waals surface area contributed by atoms with E-state index in [1.54, 1.807) is 14.0 Å². The summed E-state index contributed by atoms with van der Waals surface area (Å²) in [5.41, 5.74) is 0.982. The van der Waals surface area contributed by atoms with Crippen molar-refractivity contribution < 1.29 is 14.6 Å². The van der Waals surface area contributed by atoms with Crippen molar-refractivity contribution in [2.45, 2.75) is 19.8 Å². The van der Waals surface area contributed by atoms with Crippen molar-refractivity contribution >= 4 is 21.7 Å². The minimum absolute atomic E-state index is 0.0283. The van der Waals surface area contributed by atoms with Gasteiger partial charge in [-0.2, -0.15) is 0 Å². The molecule has 17 heavy (non-hydrogen) atoms. The van der Waals surface area contributed by atoms with Crippen LogP contribution in [-0.4, -0.2) is 24.6 Å². The van der Waals surface area contributed by atoms with Gasteiger partial charge in [-0.1, -0.05) is 15.9 Å². The van der Waals surface area contributed by atoms with Crippen molar-refractivity contribution in [2.75, 3.05) is 13.7 Å². The Bertz CT molecular complexity index is 390. The average Bonchev–Trinajstić information content (AvgIpc) is 2.28. The molecule has 0 bridgehead atoms. The Hall–Kier alpha value is -0.870. The molecule has 1 atom stereocenters. The number of aliphatic hydroxyl groups is 1. The maximum Gasteiger partial charge on any atom is 0.133 e. The molecule has 0 aliphatic carbocycles. The zero-order chi connectivity index (χ0) is 12.8. The van der Waals surface area contributed by atoms with E-state index in [-0.39, 0.29) is 18.3 Å². The Morgan fingerprint density at radius 2 is 2.24 bits per heavy atom. The summed E-state index contributed by atoms with van der Waals surface area (Å²) >= 11 is 3.40. The van der Waals surface area contributed by atoms with Crippen molar-refractivity contribution in [3.05, 3.63) is 28.2 Å². The molecule has 1 unspecified atom stereocenters. The van der Waals surface area contributed by atoms with E-state index in [4.69, 9.17) is 9.84 Å². The zero-order valence-electron chi connectivity index (χ0n) is 10.1. The van der Waals surface area contributed by atoms with Gasteiger partial charge >= 0.3 is 0 Å². The first-order valence-corrected chi connectivity index (χ1v) is 6.31. The molecule has 0 radical (unpaired) electrons. The van der Waals surface area contributed by atoms with Gasteiger partial charge in [0.15, 0.2) is 0 Å². The highest BCUT2D eigenvalue weighted by atomic mass is 79.9. The van der Waals surface area contributed by atoms with Gasteiger partial charge < -0.3 is 9.84 Å². The number of hydrogen-bond donors (Lipinski definition) is 1. The van der Waals surface area contributed by atoms with Crippen molar-refractivity contribution in [2.24, 2.45) is 5.92 Å². The highest BCUT2D eigenvalue weighted by Gasteiger charge is 2.16. The topological polar surface area (TPSA) is 46.5 Å². The van der Waals surface area contributed by atoms with Crippen molar-refractivity contribution in [1.82, 2.24) is 0 Å². The van der Waals surface area contributed by atoms with E-state index in [1.165, 1.54) is 0 Å². The molecule has 0 saturated carbocycles. The number of ketones is 1. The molecule has 0 aliphatic heterocycles. The molecule has 94 valence electrons. The molecule has 3 nitrogen and oxygen atoms in total. The first-order valence-electron chi connectivity index (χ1n) is 5.52. The molecule has 0 aliphatic rings. The molecule has 0 fully saturated rings. The predicted octanol–water partition coefficient (Wildman–Crippen LogP) is 2.59. The second-order valence-corrected chi connectivity index (χ2v) is 4.90. The molecular weight excluding hydrogens is 284 g/mol. The first-order chi connectivity index (χ1) is 8.08. The number of aliphatic hydroxyl groups excluding tert-OH is 1. The van der Waals surface area contributed by atoms with Crippen LogP contribution in [0.15, 0.2) is 22.7 Å². The minimum Gasteiger partial charge on any atom is -0.496 e. The van der Waals surface area contributed by atoms with Gasteiger partial charge in [-0.3, -0.25) is 4.79 Å². The number of carbonyl (C=O) groups excluding carboxylic acids is 1. The summed E-state index contributed by atoms with van der Waals surface area (Å²) in [7, 11) is 1.61. The third kappa shape index (κ3) is 4.13. The summed E-state index contributed by atoms with van der Waals surface area (Å²) in [6.07, 6.45) is 1.09. The van der Waals surface area contributed by atoms with Crippen LogP contribution in [0.2, 0.25) is 0 Å². The van der Waals surface area contributed by atoms with Gasteiger partial charge in [0, 0.05) is 17.0 Å². The molecule has 1 rings (SSSR count). The summed E-state index contributed by atoms with van der Waals surface area (Å²) in [6.45, 7) is 1.59. The van der Waals surface area contributed by atoms with Crippen LogP contribution in [0.5, 0.6) is 5.75 Å². The van der Waals surface area contributed by atoms with Crippen LogP contribution < -0.4 is 4.74 Å². The molecule has 1 N–H and O–H groups in total. The van der Waals surface area contributed by atoms with E-state index in [2.05, 4.69) is 15.9 Å². The second kappa shape index (κ2) is 6.77. The number of benzene rings is 1. The van der Waals surface area contributed by atoms with Gasteiger partial charge in [0.1, 0.15) is 11.5 Å². The van der Waals surface area contributed by atoms with Crippen LogP contribution >= 0.6 is 15.9 Å². The highest BCUT2D eigenvalue weighted by molar-refractivity contribution is 9.10. The molecule has 0 heterocycles. The lowest BCUT2D eigenvalue weighted by Gasteiger charge is -2.15. The van der Waals surface area contributed by atoms with Gasteiger partial charge in [-0.05, 0) is 43.5 Å². The highest BCUT2D eigenvalue weighted by Crippen LogP contribution is 2.26. The monoisotopic (exact) mass is 300 g/mol. The Labute approximate surface area is 110 Å². The zero-order valence-corrected chi connectivity index (χ0v) is 11.7. The van der Waals surface area contributed by atoms with Gasteiger partial charge in [0.05, 0.1) is 7.11 Å². The number of carbonyl (C=O) groups is 1.